The fourth-order valence-corrected chi connectivity index (χ4v) is 3.07. The van der Waals surface area contributed by atoms with Gasteiger partial charge in [0.05, 0.1) is 12.1 Å². The molecule has 4 N–H and O–H groups in total. The summed E-state index contributed by atoms with van der Waals surface area (Å²) < 4.78 is 5.33. The first-order valence-electron chi connectivity index (χ1n) is 7.67. The summed E-state index contributed by atoms with van der Waals surface area (Å²) in [6.45, 7) is 5.20. The Balaban J connectivity index is 2.14. The molecule has 1 aliphatic rings. The van der Waals surface area contributed by atoms with Crippen molar-refractivity contribution in [3.8, 4) is 0 Å². The number of ether oxygens (including phenoxy) is 1. The van der Waals surface area contributed by atoms with Crippen LogP contribution in [0.3, 0.4) is 0 Å². The molecule has 1 saturated carbocycles. The molecule has 1 aromatic heterocycles. The number of nitrogens with two attached hydrogens (primary N) is 1. The number of aliphatic hydroxyl groups excluding tert-OH is 1. The topological polar surface area (TPSA) is 93.3 Å². The zero-order valence-electron chi connectivity index (χ0n) is 12.9. The number of aliphatic hydroxyl groups is 1. The van der Waals surface area contributed by atoms with E-state index in [9.17, 15) is 5.11 Å². The van der Waals surface area contributed by atoms with Crippen molar-refractivity contribution in [1.29, 1.82) is 0 Å². The standard InChI is InChI=1S/C15H26N4O2/c1-3-21-9-14-17-12(16)7-13(18-14)19-15(10-20)6-4-5-11(2)8-15/h7,11,20H,3-6,8-10H2,1-2H3,(H3,16,17,18,19). The Kier molecular flexibility index (Phi) is 5.36. The third kappa shape index (κ3) is 4.28. The lowest BCUT2D eigenvalue weighted by molar-refractivity contribution is 0.128. The van der Waals surface area contributed by atoms with Gasteiger partial charge in [-0.15, -0.1) is 0 Å². The molecular weight excluding hydrogens is 268 g/mol. The number of rotatable bonds is 6. The van der Waals surface area contributed by atoms with E-state index in [-0.39, 0.29) is 12.1 Å². The first-order chi connectivity index (χ1) is 10.1. The summed E-state index contributed by atoms with van der Waals surface area (Å²) in [4.78, 5) is 8.61. The van der Waals surface area contributed by atoms with Crippen LogP contribution in [-0.2, 0) is 11.3 Å². The molecule has 1 fully saturated rings. The van der Waals surface area contributed by atoms with Crippen molar-refractivity contribution in [2.24, 2.45) is 5.92 Å². The van der Waals surface area contributed by atoms with Crippen molar-refractivity contribution in [2.75, 3.05) is 24.3 Å². The Hall–Kier alpha value is -1.40. The van der Waals surface area contributed by atoms with Gasteiger partial charge >= 0.3 is 0 Å². The second-order valence-corrected chi connectivity index (χ2v) is 6.00. The van der Waals surface area contributed by atoms with E-state index < -0.39 is 0 Å². The van der Waals surface area contributed by atoms with E-state index in [1.54, 1.807) is 6.07 Å². The molecule has 1 aliphatic carbocycles. The largest absolute Gasteiger partial charge is 0.394 e. The van der Waals surface area contributed by atoms with Crippen molar-refractivity contribution in [3.63, 3.8) is 0 Å². The maximum Gasteiger partial charge on any atom is 0.158 e. The summed E-state index contributed by atoms with van der Waals surface area (Å²) in [5.74, 6) is 2.25. The molecule has 2 rings (SSSR count). The predicted molar refractivity (Wildman–Crippen MR) is 82.8 cm³/mol. The molecule has 2 unspecified atom stereocenters. The number of nitrogens with one attached hydrogen (secondary N) is 1. The van der Waals surface area contributed by atoms with Crippen LogP contribution >= 0.6 is 0 Å². The van der Waals surface area contributed by atoms with Gasteiger partial charge in [-0.25, -0.2) is 9.97 Å². The van der Waals surface area contributed by atoms with E-state index in [0.29, 0.717) is 36.6 Å². The first kappa shape index (κ1) is 16.0. The van der Waals surface area contributed by atoms with Crippen LogP contribution < -0.4 is 11.1 Å². The third-order valence-corrected chi connectivity index (χ3v) is 4.01. The lowest BCUT2D eigenvalue weighted by Gasteiger charge is -2.39. The highest BCUT2D eigenvalue weighted by Crippen LogP contribution is 2.34. The van der Waals surface area contributed by atoms with E-state index in [4.69, 9.17) is 10.5 Å². The van der Waals surface area contributed by atoms with E-state index in [0.717, 1.165) is 19.3 Å². The predicted octanol–water partition coefficient (Wildman–Crippen LogP) is 1.95. The Morgan fingerprint density at radius 3 is 3.00 bits per heavy atom. The van der Waals surface area contributed by atoms with Crippen LogP contribution in [0.2, 0.25) is 0 Å². The minimum absolute atomic E-state index is 0.0992. The van der Waals surface area contributed by atoms with E-state index in [1.807, 2.05) is 6.92 Å². The minimum atomic E-state index is -0.304. The molecule has 0 amide bonds. The molecule has 6 heteroatoms. The van der Waals surface area contributed by atoms with Crippen molar-refractivity contribution < 1.29 is 9.84 Å². The molecular formula is C15H26N4O2. The number of aromatic nitrogens is 2. The molecule has 0 aliphatic heterocycles. The Morgan fingerprint density at radius 1 is 1.52 bits per heavy atom. The van der Waals surface area contributed by atoms with Crippen LogP contribution in [0.4, 0.5) is 11.6 Å². The summed E-state index contributed by atoms with van der Waals surface area (Å²) in [5.41, 5.74) is 5.53. The van der Waals surface area contributed by atoms with Gasteiger partial charge in [-0.05, 0) is 25.7 Å². The van der Waals surface area contributed by atoms with E-state index in [1.165, 1.54) is 6.42 Å². The lowest BCUT2D eigenvalue weighted by Crippen LogP contribution is -2.46. The smallest absolute Gasteiger partial charge is 0.158 e. The van der Waals surface area contributed by atoms with E-state index >= 15 is 0 Å². The molecule has 1 heterocycles. The zero-order chi connectivity index (χ0) is 15.3. The fourth-order valence-electron chi connectivity index (χ4n) is 3.07. The molecule has 0 aromatic carbocycles. The first-order valence-corrected chi connectivity index (χ1v) is 7.67. The monoisotopic (exact) mass is 294 g/mol. The van der Waals surface area contributed by atoms with Crippen molar-refractivity contribution in [1.82, 2.24) is 9.97 Å². The molecule has 0 saturated heterocycles. The fraction of sp³-hybridized carbons (Fsp3) is 0.733. The molecule has 21 heavy (non-hydrogen) atoms. The summed E-state index contributed by atoms with van der Waals surface area (Å²) in [5, 5.41) is 13.2. The Morgan fingerprint density at radius 2 is 2.33 bits per heavy atom. The third-order valence-electron chi connectivity index (χ3n) is 4.01. The maximum absolute atomic E-state index is 9.84. The maximum atomic E-state index is 9.84. The highest BCUT2D eigenvalue weighted by atomic mass is 16.5. The second kappa shape index (κ2) is 7.04. The van der Waals surface area contributed by atoms with Crippen LogP contribution in [0.5, 0.6) is 0 Å². The molecule has 118 valence electrons. The average molecular weight is 294 g/mol. The van der Waals surface area contributed by atoms with E-state index in [2.05, 4.69) is 22.2 Å². The number of nitrogen functional groups attached to an aromatic ring is 1. The second-order valence-electron chi connectivity index (χ2n) is 6.00. The van der Waals surface area contributed by atoms with Crippen LogP contribution in [0.15, 0.2) is 6.07 Å². The Bertz CT molecular complexity index is 469. The minimum Gasteiger partial charge on any atom is -0.394 e. The SMILES string of the molecule is CCOCc1nc(N)cc(NC2(CO)CCCC(C)C2)n1. The van der Waals surface area contributed by atoms with Gasteiger partial charge in [0.15, 0.2) is 5.82 Å². The van der Waals surface area contributed by atoms with Crippen LogP contribution in [0.25, 0.3) is 0 Å². The van der Waals surface area contributed by atoms with Crippen LogP contribution in [0, 0.1) is 5.92 Å². The van der Waals surface area contributed by atoms with Crippen LogP contribution in [0.1, 0.15) is 45.4 Å². The average Bonchev–Trinajstić information content (AvgIpc) is 2.44. The molecule has 0 bridgehead atoms. The van der Waals surface area contributed by atoms with Gasteiger partial charge in [0.2, 0.25) is 0 Å². The molecule has 0 radical (unpaired) electrons. The summed E-state index contributed by atoms with van der Waals surface area (Å²) in [6.07, 6.45) is 4.21. The van der Waals surface area contributed by atoms with Gasteiger partial charge in [-0.1, -0.05) is 19.8 Å². The van der Waals surface area contributed by atoms with Crippen LogP contribution in [-0.4, -0.2) is 33.8 Å². The molecule has 0 spiro atoms. The molecule has 6 nitrogen and oxygen atoms in total. The quantitative estimate of drug-likeness (QED) is 0.742. The summed E-state index contributed by atoms with van der Waals surface area (Å²) in [7, 11) is 0. The zero-order valence-corrected chi connectivity index (χ0v) is 12.9. The molecule has 1 aromatic rings. The van der Waals surface area contributed by atoms with Gasteiger partial charge < -0.3 is 20.9 Å². The number of hydrogen-bond donors (Lipinski definition) is 3. The van der Waals surface area contributed by atoms with Gasteiger partial charge in [-0.2, -0.15) is 0 Å². The van der Waals surface area contributed by atoms with Gasteiger partial charge in [0.1, 0.15) is 18.2 Å². The Labute approximate surface area is 126 Å². The normalized spacial score (nSPS) is 25.8. The van der Waals surface area contributed by atoms with Gasteiger partial charge in [-0.3, -0.25) is 0 Å². The van der Waals surface area contributed by atoms with Crippen molar-refractivity contribution in [3.05, 3.63) is 11.9 Å². The number of hydrogen-bond acceptors (Lipinski definition) is 6. The lowest BCUT2D eigenvalue weighted by atomic mass is 9.77. The highest BCUT2D eigenvalue weighted by Gasteiger charge is 2.34. The number of nitrogens with zero attached hydrogens (tertiary/aromatic N) is 2. The summed E-state index contributed by atoms with van der Waals surface area (Å²) in [6, 6.07) is 1.71. The summed E-state index contributed by atoms with van der Waals surface area (Å²) >= 11 is 0. The van der Waals surface area contributed by atoms with Crippen molar-refractivity contribution >= 4 is 11.6 Å². The number of anilines is 2. The van der Waals surface area contributed by atoms with Gasteiger partial charge in [0, 0.05) is 12.7 Å². The molecule has 2 atom stereocenters. The highest BCUT2D eigenvalue weighted by molar-refractivity contribution is 5.46. The van der Waals surface area contributed by atoms with Gasteiger partial charge in [0.25, 0.3) is 0 Å². The van der Waals surface area contributed by atoms with Crippen molar-refractivity contribution in [2.45, 2.75) is 51.7 Å².